The number of amides is 1. The number of ether oxygens (including phenoxy) is 2. The molecule has 0 aliphatic rings. The van der Waals surface area contributed by atoms with E-state index in [1.54, 1.807) is 0 Å². The number of aromatic nitrogens is 2. The van der Waals surface area contributed by atoms with Gasteiger partial charge in [-0.1, -0.05) is 18.2 Å². The van der Waals surface area contributed by atoms with Gasteiger partial charge in [0.25, 0.3) is 5.91 Å². The number of hydrogen-bond donors (Lipinski definition) is 1. The van der Waals surface area contributed by atoms with Crippen LogP contribution >= 0.6 is 0 Å². The van der Waals surface area contributed by atoms with Crippen molar-refractivity contribution < 1.29 is 31.9 Å². The summed E-state index contributed by atoms with van der Waals surface area (Å²) >= 11 is 0. The minimum Gasteiger partial charge on any atom is -0.481 e. The Labute approximate surface area is 157 Å². The summed E-state index contributed by atoms with van der Waals surface area (Å²) in [4.78, 5) is 20.4. The van der Waals surface area contributed by atoms with E-state index in [0.717, 1.165) is 12.5 Å². The fourth-order valence-corrected chi connectivity index (χ4v) is 2.50. The van der Waals surface area contributed by atoms with Gasteiger partial charge in [0.2, 0.25) is 11.8 Å². The molecule has 0 aliphatic heterocycles. The van der Waals surface area contributed by atoms with Gasteiger partial charge in [-0.25, -0.2) is 4.98 Å². The standard InChI is InChI=1S/C18H14F3N3O4/c1-26-13-8-7-12(17(24-13)27-2)23-16(25)14-15(28-9-22-14)10-5-3-4-6-11(10)18(19,20)21/h3-9H,1-2H3,(H,23,25). The monoisotopic (exact) mass is 393 g/mol. The second-order valence-electron chi connectivity index (χ2n) is 5.44. The molecule has 0 spiro atoms. The molecular weight excluding hydrogens is 379 g/mol. The summed E-state index contributed by atoms with van der Waals surface area (Å²) in [6, 6.07) is 7.72. The number of oxazole rings is 1. The molecule has 0 bridgehead atoms. The molecule has 0 unspecified atom stereocenters. The third kappa shape index (κ3) is 3.75. The number of benzene rings is 1. The first-order valence-electron chi connectivity index (χ1n) is 7.85. The van der Waals surface area contributed by atoms with Gasteiger partial charge in [-0.15, -0.1) is 0 Å². The summed E-state index contributed by atoms with van der Waals surface area (Å²) < 4.78 is 55.0. The van der Waals surface area contributed by atoms with Crippen LogP contribution in [0.4, 0.5) is 18.9 Å². The number of carbonyl (C=O) groups excluding carboxylic acids is 1. The van der Waals surface area contributed by atoms with Crippen LogP contribution in [0.15, 0.2) is 47.2 Å². The van der Waals surface area contributed by atoms with Crippen LogP contribution in [0, 0.1) is 0 Å². The molecule has 146 valence electrons. The quantitative estimate of drug-likeness (QED) is 0.705. The maximum atomic E-state index is 13.3. The van der Waals surface area contributed by atoms with E-state index >= 15 is 0 Å². The number of carbonyl (C=O) groups is 1. The third-order valence-corrected chi connectivity index (χ3v) is 3.75. The Morgan fingerprint density at radius 1 is 1.11 bits per heavy atom. The van der Waals surface area contributed by atoms with Crippen LogP contribution in [-0.4, -0.2) is 30.1 Å². The SMILES string of the molecule is COc1ccc(NC(=O)c2ncoc2-c2ccccc2C(F)(F)F)c(OC)n1. The molecule has 1 aromatic carbocycles. The number of pyridine rings is 1. The first kappa shape index (κ1) is 19.2. The molecule has 0 atom stereocenters. The first-order valence-corrected chi connectivity index (χ1v) is 7.85. The number of hydrogen-bond acceptors (Lipinski definition) is 6. The van der Waals surface area contributed by atoms with E-state index in [9.17, 15) is 18.0 Å². The smallest absolute Gasteiger partial charge is 0.417 e. The van der Waals surface area contributed by atoms with E-state index in [0.29, 0.717) is 0 Å². The summed E-state index contributed by atoms with van der Waals surface area (Å²) in [6.07, 6.45) is -3.72. The maximum absolute atomic E-state index is 13.3. The highest BCUT2D eigenvalue weighted by molar-refractivity contribution is 6.07. The molecule has 28 heavy (non-hydrogen) atoms. The van der Waals surface area contributed by atoms with Crippen molar-refractivity contribution in [3.05, 3.63) is 54.0 Å². The molecule has 10 heteroatoms. The summed E-state index contributed by atoms with van der Waals surface area (Å²) in [5.41, 5.74) is -1.36. The molecule has 2 heterocycles. The van der Waals surface area contributed by atoms with Gasteiger partial charge in [-0.2, -0.15) is 18.2 Å². The van der Waals surface area contributed by atoms with Gasteiger partial charge in [-0.05, 0) is 12.1 Å². The number of nitrogens with one attached hydrogen (secondary N) is 1. The second-order valence-corrected chi connectivity index (χ2v) is 5.44. The highest BCUT2D eigenvalue weighted by Crippen LogP contribution is 2.38. The molecule has 0 radical (unpaired) electrons. The Kier molecular flexibility index (Phi) is 5.21. The Bertz CT molecular complexity index is 1000. The van der Waals surface area contributed by atoms with E-state index in [2.05, 4.69) is 15.3 Å². The molecule has 3 aromatic rings. The van der Waals surface area contributed by atoms with E-state index in [-0.39, 0.29) is 34.5 Å². The van der Waals surface area contributed by atoms with Gasteiger partial charge >= 0.3 is 6.18 Å². The molecule has 0 fully saturated rings. The number of methoxy groups -OCH3 is 2. The van der Waals surface area contributed by atoms with Crippen LogP contribution in [0.1, 0.15) is 16.1 Å². The van der Waals surface area contributed by atoms with Gasteiger partial charge in [0.05, 0.1) is 19.8 Å². The van der Waals surface area contributed by atoms with Gasteiger partial charge in [0.15, 0.2) is 17.8 Å². The van der Waals surface area contributed by atoms with Gasteiger partial charge in [0.1, 0.15) is 5.69 Å². The lowest BCUT2D eigenvalue weighted by molar-refractivity contribution is -0.137. The largest absolute Gasteiger partial charge is 0.481 e. The highest BCUT2D eigenvalue weighted by Gasteiger charge is 2.35. The highest BCUT2D eigenvalue weighted by atomic mass is 19.4. The van der Waals surface area contributed by atoms with Crippen molar-refractivity contribution in [1.29, 1.82) is 0 Å². The summed E-state index contributed by atoms with van der Waals surface area (Å²) in [5, 5.41) is 2.50. The summed E-state index contributed by atoms with van der Waals surface area (Å²) in [6.45, 7) is 0. The van der Waals surface area contributed by atoms with Gasteiger partial charge in [0, 0.05) is 11.6 Å². The fraction of sp³-hybridized carbons (Fsp3) is 0.167. The Morgan fingerprint density at radius 2 is 1.86 bits per heavy atom. The van der Waals surface area contributed by atoms with Gasteiger partial charge < -0.3 is 19.2 Å². The molecule has 0 saturated heterocycles. The predicted octanol–water partition coefficient (Wildman–Crippen LogP) is 4.02. The van der Waals surface area contributed by atoms with Crippen molar-refractivity contribution in [3.63, 3.8) is 0 Å². The average Bonchev–Trinajstić information content (AvgIpc) is 3.17. The zero-order valence-corrected chi connectivity index (χ0v) is 14.7. The van der Waals surface area contributed by atoms with Crippen molar-refractivity contribution in [3.8, 4) is 23.1 Å². The van der Waals surface area contributed by atoms with Crippen LogP contribution in [0.2, 0.25) is 0 Å². The normalized spacial score (nSPS) is 11.2. The topological polar surface area (TPSA) is 86.5 Å². The zero-order valence-electron chi connectivity index (χ0n) is 14.7. The number of alkyl halides is 3. The van der Waals surface area contributed by atoms with Crippen LogP contribution in [-0.2, 0) is 6.18 Å². The lowest BCUT2D eigenvalue weighted by atomic mass is 10.0. The Morgan fingerprint density at radius 3 is 2.54 bits per heavy atom. The van der Waals surface area contributed by atoms with Crippen LogP contribution in [0.25, 0.3) is 11.3 Å². The molecule has 1 N–H and O–H groups in total. The molecule has 1 amide bonds. The third-order valence-electron chi connectivity index (χ3n) is 3.75. The number of halogens is 3. The molecule has 7 nitrogen and oxygen atoms in total. The number of rotatable bonds is 5. The van der Waals surface area contributed by atoms with Crippen molar-refractivity contribution >= 4 is 11.6 Å². The lowest BCUT2D eigenvalue weighted by Crippen LogP contribution is -2.15. The minimum absolute atomic E-state index is 0.0634. The number of anilines is 1. The van der Waals surface area contributed by atoms with Crippen molar-refractivity contribution in [2.45, 2.75) is 6.18 Å². The molecule has 3 rings (SSSR count). The van der Waals surface area contributed by atoms with E-state index in [1.165, 1.54) is 44.6 Å². The van der Waals surface area contributed by atoms with E-state index in [4.69, 9.17) is 13.9 Å². The molecule has 0 aliphatic carbocycles. The first-order chi connectivity index (χ1) is 13.3. The Balaban J connectivity index is 1.97. The zero-order chi connectivity index (χ0) is 20.3. The molecule has 2 aromatic heterocycles. The van der Waals surface area contributed by atoms with Crippen molar-refractivity contribution in [2.75, 3.05) is 19.5 Å². The van der Waals surface area contributed by atoms with Crippen LogP contribution in [0.3, 0.4) is 0 Å². The van der Waals surface area contributed by atoms with Crippen molar-refractivity contribution in [2.24, 2.45) is 0 Å². The summed E-state index contributed by atoms with van der Waals surface area (Å²) in [7, 11) is 2.76. The van der Waals surface area contributed by atoms with E-state index in [1.807, 2.05) is 0 Å². The second kappa shape index (κ2) is 7.59. The molecule has 0 saturated carbocycles. The molecular formula is C18H14F3N3O4. The average molecular weight is 393 g/mol. The van der Waals surface area contributed by atoms with Crippen LogP contribution in [0.5, 0.6) is 11.8 Å². The van der Waals surface area contributed by atoms with Crippen LogP contribution < -0.4 is 14.8 Å². The van der Waals surface area contributed by atoms with Gasteiger partial charge in [-0.3, -0.25) is 4.79 Å². The predicted molar refractivity (Wildman–Crippen MR) is 92.2 cm³/mol. The Hall–Kier alpha value is -3.56. The fourth-order valence-electron chi connectivity index (χ4n) is 2.50. The lowest BCUT2D eigenvalue weighted by Gasteiger charge is -2.12. The maximum Gasteiger partial charge on any atom is 0.417 e. The van der Waals surface area contributed by atoms with E-state index < -0.39 is 17.6 Å². The minimum atomic E-state index is -4.62. The number of nitrogens with zero attached hydrogens (tertiary/aromatic N) is 2. The van der Waals surface area contributed by atoms with Crippen molar-refractivity contribution in [1.82, 2.24) is 9.97 Å². The summed E-state index contributed by atoms with van der Waals surface area (Å²) in [5.74, 6) is -0.763.